The van der Waals surface area contributed by atoms with Gasteiger partial charge in [0, 0.05) is 31.7 Å². The summed E-state index contributed by atoms with van der Waals surface area (Å²) in [5.41, 5.74) is 0. The van der Waals surface area contributed by atoms with Gasteiger partial charge in [-0.25, -0.2) is 0 Å². The second-order valence-electron chi connectivity index (χ2n) is 4.96. The first-order chi connectivity index (χ1) is 7.70. The predicted molar refractivity (Wildman–Crippen MR) is 62.3 cm³/mol. The number of rotatable bonds is 3. The molecule has 0 aromatic carbocycles. The largest absolute Gasteiger partial charge is 0.469 e. The molecule has 0 amide bonds. The van der Waals surface area contributed by atoms with Gasteiger partial charge in [0.25, 0.3) is 0 Å². The molecule has 0 spiro atoms. The molecule has 2 aliphatic rings. The van der Waals surface area contributed by atoms with Crippen LogP contribution in [-0.2, 0) is 9.53 Å². The molecule has 0 aliphatic carbocycles. The molecule has 0 aromatic rings. The summed E-state index contributed by atoms with van der Waals surface area (Å²) in [4.78, 5) is 16.3. The number of ether oxygens (including phenoxy) is 1. The molecule has 2 rings (SSSR count). The highest BCUT2D eigenvalue weighted by Crippen LogP contribution is 2.23. The highest BCUT2D eigenvalue weighted by Gasteiger charge is 2.32. The maximum absolute atomic E-state index is 11.2. The lowest BCUT2D eigenvalue weighted by molar-refractivity contribution is -0.142. The standard InChI is InChI=1S/C12H22N2O2/c1-10(8-12(15)16-2)14-7-6-13-5-3-4-11(13)9-14/h10-11H,3-9H2,1-2H3. The summed E-state index contributed by atoms with van der Waals surface area (Å²) in [7, 11) is 1.46. The van der Waals surface area contributed by atoms with Crippen LogP contribution in [-0.4, -0.2) is 61.1 Å². The Morgan fingerprint density at radius 3 is 3.00 bits per heavy atom. The van der Waals surface area contributed by atoms with E-state index >= 15 is 0 Å². The van der Waals surface area contributed by atoms with Gasteiger partial charge in [-0.15, -0.1) is 0 Å². The van der Waals surface area contributed by atoms with Crippen LogP contribution < -0.4 is 0 Å². The fourth-order valence-corrected chi connectivity index (χ4v) is 2.87. The van der Waals surface area contributed by atoms with E-state index in [1.54, 1.807) is 0 Å². The fourth-order valence-electron chi connectivity index (χ4n) is 2.87. The van der Waals surface area contributed by atoms with Crippen LogP contribution in [0.15, 0.2) is 0 Å². The molecule has 16 heavy (non-hydrogen) atoms. The molecule has 0 radical (unpaired) electrons. The lowest BCUT2D eigenvalue weighted by atomic mass is 10.1. The maximum atomic E-state index is 11.2. The summed E-state index contributed by atoms with van der Waals surface area (Å²) in [6.07, 6.45) is 3.18. The van der Waals surface area contributed by atoms with E-state index in [0.29, 0.717) is 12.5 Å². The Kier molecular flexibility index (Phi) is 3.82. The van der Waals surface area contributed by atoms with E-state index in [2.05, 4.69) is 16.7 Å². The molecular weight excluding hydrogens is 204 g/mol. The number of piperazine rings is 1. The zero-order valence-electron chi connectivity index (χ0n) is 10.3. The summed E-state index contributed by atoms with van der Waals surface area (Å²) >= 11 is 0. The van der Waals surface area contributed by atoms with Crippen LogP contribution in [0.5, 0.6) is 0 Å². The lowest BCUT2D eigenvalue weighted by Gasteiger charge is -2.40. The minimum absolute atomic E-state index is 0.0960. The molecule has 0 bridgehead atoms. The van der Waals surface area contributed by atoms with Crippen LogP contribution in [0.1, 0.15) is 26.2 Å². The van der Waals surface area contributed by atoms with E-state index in [9.17, 15) is 4.79 Å². The third kappa shape index (κ3) is 2.55. The maximum Gasteiger partial charge on any atom is 0.307 e. The van der Waals surface area contributed by atoms with E-state index in [0.717, 1.165) is 25.7 Å². The van der Waals surface area contributed by atoms with Crippen molar-refractivity contribution in [2.45, 2.75) is 38.3 Å². The Morgan fingerprint density at radius 1 is 1.44 bits per heavy atom. The second-order valence-corrected chi connectivity index (χ2v) is 4.96. The topological polar surface area (TPSA) is 32.8 Å². The van der Waals surface area contributed by atoms with Gasteiger partial charge >= 0.3 is 5.97 Å². The minimum atomic E-state index is -0.0960. The average Bonchev–Trinajstić information content (AvgIpc) is 2.75. The van der Waals surface area contributed by atoms with Crippen molar-refractivity contribution in [3.05, 3.63) is 0 Å². The number of esters is 1. The van der Waals surface area contributed by atoms with Crippen molar-refractivity contribution in [3.8, 4) is 0 Å². The van der Waals surface area contributed by atoms with Crippen molar-refractivity contribution >= 4 is 5.97 Å². The van der Waals surface area contributed by atoms with Crippen LogP contribution in [0, 0.1) is 0 Å². The Balaban J connectivity index is 1.83. The van der Waals surface area contributed by atoms with Gasteiger partial charge in [-0.05, 0) is 26.3 Å². The van der Waals surface area contributed by atoms with E-state index in [-0.39, 0.29) is 5.97 Å². The SMILES string of the molecule is COC(=O)CC(C)N1CCN2CCCC2C1. The van der Waals surface area contributed by atoms with Crippen molar-refractivity contribution in [1.82, 2.24) is 9.80 Å². The monoisotopic (exact) mass is 226 g/mol. The lowest BCUT2D eigenvalue weighted by Crippen LogP contribution is -2.53. The first-order valence-electron chi connectivity index (χ1n) is 6.25. The van der Waals surface area contributed by atoms with Crippen molar-refractivity contribution < 1.29 is 9.53 Å². The predicted octanol–water partition coefficient (Wildman–Crippen LogP) is 0.718. The summed E-state index contributed by atoms with van der Waals surface area (Å²) in [5, 5.41) is 0. The molecule has 2 atom stereocenters. The van der Waals surface area contributed by atoms with Crippen LogP contribution in [0.25, 0.3) is 0 Å². The van der Waals surface area contributed by atoms with Gasteiger partial charge in [0.15, 0.2) is 0 Å². The molecule has 2 unspecified atom stereocenters. The molecular formula is C12H22N2O2. The van der Waals surface area contributed by atoms with Gasteiger partial charge in [-0.2, -0.15) is 0 Å². The van der Waals surface area contributed by atoms with Crippen molar-refractivity contribution in [2.24, 2.45) is 0 Å². The number of methoxy groups -OCH3 is 1. The van der Waals surface area contributed by atoms with Crippen LogP contribution >= 0.6 is 0 Å². The minimum Gasteiger partial charge on any atom is -0.469 e. The summed E-state index contributed by atoms with van der Waals surface area (Å²) < 4.78 is 4.72. The molecule has 2 fully saturated rings. The van der Waals surface area contributed by atoms with Gasteiger partial charge in [-0.3, -0.25) is 14.6 Å². The summed E-state index contributed by atoms with van der Waals surface area (Å²) in [5.74, 6) is -0.0960. The summed E-state index contributed by atoms with van der Waals surface area (Å²) in [6.45, 7) is 6.77. The number of hydrogen-bond donors (Lipinski definition) is 0. The molecule has 4 heteroatoms. The number of hydrogen-bond acceptors (Lipinski definition) is 4. The molecule has 2 saturated heterocycles. The van der Waals surface area contributed by atoms with E-state index in [1.165, 1.54) is 26.5 Å². The molecule has 0 N–H and O–H groups in total. The normalized spacial score (nSPS) is 28.8. The average molecular weight is 226 g/mol. The Labute approximate surface area is 97.5 Å². The number of nitrogens with zero attached hydrogens (tertiary/aromatic N) is 2. The fraction of sp³-hybridized carbons (Fsp3) is 0.917. The van der Waals surface area contributed by atoms with E-state index in [4.69, 9.17) is 4.74 Å². The summed E-state index contributed by atoms with van der Waals surface area (Å²) in [6, 6.07) is 1.05. The molecule has 0 saturated carbocycles. The Morgan fingerprint density at radius 2 is 2.25 bits per heavy atom. The number of fused-ring (bicyclic) bond motifs is 1. The van der Waals surface area contributed by atoms with Gasteiger partial charge in [0.1, 0.15) is 0 Å². The first-order valence-corrected chi connectivity index (χ1v) is 6.25. The second kappa shape index (κ2) is 5.15. The van der Waals surface area contributed by atoms with Crippen molar-refractivity contribution in [3.63, 3.8) is 0 Å². The number of carbonyl (C=O) groups is 1. The van der Waals surface area contributed by atoms with Gasteiger partial charge in [0.2, 0.25) is 0 Å². The van der Waals surface area contributed by atoms with Crippen molar-refractivity contribution in [2.75, 3.05) is 33.3 Å². The third-order valence-corrected chi connectivity index (χ3v) is 3.93. The Bertz CT molecular complexity index is 257. The molecule has 2 heterocycles. The van der Waals surface area contributed by atoms with Crippen molar-refractivity contribution in [1.29, 1.82) is 0 Å². The zero-order valence-corrected chi connectivity index (χ0v) is 10.3. The molecule has 2 aliphatic heterocycles. The van der Waals surface area contributed by atoms with Crippen LogP contribution in [0.3, 0.4) is 0 Å². The Hall–Kier alpha value is -0.610. The van der Waals surface area contributed by atoms with E-state index in [1.807, 2.05) is 0 Å². The van der Waals surface area contributed by atoms with Gasteiger partial charge in [-0.1, -0.05) is 0 Å². The first kappa shape index (κ1) is 11.9. The molecule has 0 aromatic heterocycles. The number of carbonyl (C=O) groups excluding carboxylic acids is 1. The van der Waals surface area contributed by atoms with E-state index < -0.39 is 0 Å². The van der Waals surface area contributed by atoms with Crippen LogP contribution in [0.2, 0.25) is 0 Å². The molecule has 4 nitrogen and oxygen atoms in total. The van der Waals surface area contributed by atoms with Crippen LogP contribution in [0.4, 0.5) is 0 Å². The quantitative estimate of drug-likeness (QED) is 0.664. The highest BCUT2D eigenvalue weighted by atomic mass is 16.5. The third-order valence-electron chi connectivity index (χ3n) is 3.93. The zero-order chi connectivity index (χ0) is 11.5. The van der Waals surface area contributed by atoms with Gasteiger partial charge in [0.05, 0.1) is 13.5 Å². The smallest absolute Gasteiger partial charge is 0.307 e. The van der Waals surface area contributed by atoms with Gasteiger partial charge < -0.3 is 4.74 Å². The molecule has 92 valence electrons. The highest BCUT2D eigenvalue weighted by molar-refractivity contribution is 5.69.